The molecule has 1 aromatic carbocycles. The van der Waals surface area contributed by atoms with Crippen molar-refractivity contribution >= 4 is 5.97 Å². The van der Waals surface area contributed by atoms with Crippen LogP contribution in [0.15, 0.2) is 24.3 Å². The molecule has 1 aliphatic heterocycles. The molecule has 0 unspecified atom stereocenters. The van der Waals surface area contributed by atoms with Crippen molar-refractivity contribution in [3.05, 3.63) is 35.4 Å². The monoisotopic (exact) mass is 288 g/mol. The zero-order valence-corrected chi connectivity index (χ0v) is 12.2. The van der Waals surface area contributed by atoms with Crippen molar-refractivity contribution in [1.82, 2.24) is 4.90 Å². The van der Waals surface area contributed by atoms with Gasteiger partial charge < -0.3 is 9.84 Å². The van der Waals surface area contributed by atoms with Gasteiger partial charge in [0.2, 0.25) is 0 Å². The highest BCUT2D eigenvalue weighted by atomic mass is 16.5. The molecule has 112 valence electrons. The van der Waals surface area contributed by atoms with E-state index in [1.165, 1.54) is 7.11 Å². The zero-order chi connectivity index (χ0) is 15.2. The molecule has 0 aromatic heterocycles. The smallest absolute Gasteiger partial charge is 0.327 e. The van der Waals surface area contributed by atoms with Gasteiger partial charge in [0, 0.05) is 13.2 Å². The highest BCUT2D eigenvalue weighted by Crippen LogP contribution is 2.30. The van der Waals surface area contributed by atoms with E-state index in [-0.39, 0.29) is 12.6 Å². The predicted octanol–water partition coefficient (Wildman–Crippen LogP) is 1.48. The van der Waals surface area contributed by atoms with Gasteiger partial charge in [0.1, 0.15) is 6.04 Å². The lowest BCUT2D eigenvalue weighted by molar-refractivity contribution is -0.147. The summed E-state index contributed by atoms with van der Waals surface area (Å²) >= 11 is 0. The quantitative estimate of drug-likeness (QED) is 0.831. The van der Waals surface area contributed by atoms with Crippen molar-refractivity contribution in [2.24, 2.45) is 5.92 Å². The first-order chi connectivity index (χ1) is 10.2. The lowest BCUT2D eigenvalue weighted by atomic mass is 10.0. The maximum atomic E-state index is 12.2. The van der Waals surface area contributed by atoms with Gasteiger partial charge in [-0.25, -0.2) is 4.79 Å². The number of likely N-dealkylation sites (tertiary alicyclic amines) is 1. The van der Waals surface area contributed by atoms with Crippen LogP contribution in [0.5, 0.6) is 0 Å². The van der Waals surface area contributed by atoms with E-state index in [2.05, 4.69) is 11.0 Å². The maximum absolute atomic E-state index is 12.2. The van der Waals surface area contributed by atoms with Crippen molar-refractivity contribution in [1.29, 1.82) is 5.26 Å². The summed E-state index contributed by atoms with van der Waals surface area (Å²) in [7, 11) is 1.38. The van der Waals surface area contributed by atoms with Crippen LogP contribution in [0.25, 0.3) is 0 Å². The Bertz CT molecular complexity index is 539. The standard InChI is InChI=1S/C16H20N2O3/c1-21-16(20)15(14-4-2-3-13(9-14)10-17)18-7-5-12(11-18)6-8-19/h2-4,9,12,15,19H,5-8,11H2,1H3/t12-,15+/m1/s1. The number of nitriles is 1. The van der Waals surface area contributed by atoms with Crippen molar-refractivity contribution < 1.29 is 14.6 Å². The van der Waals surface area contributed by atoms with Crippen molar-refractivity contribution in [2.45, 2.75) is 18.9 Å². The Morgan fingerprint density at radius 1 is 1.62 bits per heavy atom. The Balaban J connectivity index is 2.23. The zero-order valence-electron chi connectivity index (χ0n) is 12.2. The van der Waals surface area contributed by atoms with Crippen LogP contribution in [-0.4, -0.2) is 42.8 Å². The second-order valence-electron chi connectivity index (χ2n) is 5.32. The molecular formula is C16H20N2O3. The summed E-state index contributed by atoms with van der Waals surface area (Å²) in [5.41, 5.74) is 1.32. The number of ether oxygens (including phenoxy) is 1. The number of esters is 1. The minimum atomic E-state index is -0.480. The fraction of sp³-hybridized carbons (Fsp3) is 0.500. The number of hydrogen-bond donors (Lipinski definition) is 1. The number of methoxy groups -OCH3 is 1. The third kappa shape index (κ3) is 3.60. The van der Waals surface area contributed by atoms with Gasteiger partial charge in [-0.05, 0) is 43.0 Å². The van der Waals surface area contributed by atoms with Crippen LogP contribution in [0.2, 0.25) is 0 Å². The number of nitrogens with zero attached hydrogens (tertiary/aromatic N) is 2. The molecule has 0 radical (unpaired) electrons. The van der Waals surface area contributed by atoms with E-state index >= 15 is 0 Å². The molecule has 1 fully saturated rings. The Morgan fingerprint density at radius 2 is 2.43 bits per heavy atom. The van der Waals surface area contributed by atoms with Crippen LogP contribution in [-0.2, 0) is 9.53 Å². The molecule has 21 heavy (non-hydrogen) atoms. The van der Waals surface area contributed by atoms with Gasteiger partial charge in [-0.2, -0.15) is 5.26 Å². The molecule has 2 rings (SSSR count). The topological polar surface area (TPSA) is 73.6 Å². The van der Waals surface area contributed by atoms with E-state index in [0.29, 0.717) is 11.5 Å². The largest absolute Gasteiger partial charge is 0.468 e. The molecule has 1 heterocycles. The van der Waals surface area contributed by atoms with Gasteiger partial charge in [0.05, 0.1) is 18.7 Å². The van der Waals surface area contributed by atoms with Gasteiger partial charge in [-0.15, -0.1) is 0 Å². The van der Waals surface area contributed by atoms with E-state index in [1.54, 1.807) is 18.2 Å². The van der Waals surface area contributed by atoms with Gasteiger partial charge in [-0.1, -0.05) is 12.1 Å². The Morgan fingerprint density at radius 3 is 3.10 bits per heavy atom. The fourth-order valence-corrected chi connectivity index (χ4v) is 2.90. The molecular weight excluding hydrogens is 268 g/mol. The number of hydrogen-bond acceptors (Lipinski definition) is 5. The van der Waals surface area contributed by atoms with Crippen LogP contribution in [0.3, 0.4) is 0 Å². The first-order valence-corrected chi connectivity index (χ1v) is 7.12. The molecule has 1 aliphatic rings. The highest BCUT2D eigenvalue weighted by Gasteiger charge is 2.34. The van der Waals surface area contributed by atoms with E-state index in [9.17, 15) is 4.79 Å². The molecule has 1 saturated heterocycles. The number of carbonyl (C=O) groups is 1. The normalized spacial score (nSPS) is 20.0. The van der Waals surface area contributed by atoms with Crippen LogP contribution >= 0.6 is 0 Å². The number of rotatable bonds is 5. The third-order valence-corrected chi connectivity index (χ3v) is 3.98. The van der Waals surface area contributed by atoms with Crippen molar-refractivity contribution in [3.8, 4) is 6.07 Å². The number of aliphatic hydroxyl groups excluding tert-OH is 1. The molecule has 0 aliphatic carbocycles. The SMILES string of the molecule is COC(=O)[C@H](c1cccc(C#N)c1)N1CC[C@H](CCO)C1. The van der Waals surface area contributed by atoms with Crippen molar-refractivity contribution in [2.75, 3.05) is 26.8 Å². The predicted molar refractivity (Wildman–Crippen MR) is 77.3 cm³/mol. The maximum Gasteiger partial charge on any atom is 0.327 e. The van der Waals surface area contributed by atoms with E-state index in [1.807, 2.05) is 6.07 Å². The van der Waals surface area contributed by atoms with Gasteiger partial charge in [0.15, 0.2) is 0 Å². The summed E-state index contributed by atoms with van der Waals surface area (Å²) < 4.78 is 4.94. The first kappa shape index (κ1) is 15.5. The van der Waals surface area contributed by atoms with E-state index in [0.717, 1.165) is 31.5 Å². The molecule has 1 N–H and O–H groups in total. The summed E-state index contributed by atoms with van der Waals surface area (Å²) in [6.07, 6.45) is 1.72. The third-order valence-electron chi connectivity index (χ3n) is 3.98. The van der Waals surface area contributed by atoms with Crippen LogP contribution < -0.4 is 0 Å². The molecule has 5 nitrogen and oxygen atoms in total. The first-order valence-electron chi connectivity index (χ1n) is 7.12. The second-order valence-corrected chi connectivity index (χ2v) is 5.32. The Hall–Kier alpha value is -1.90. The number of carbonyl (C=O) groups excluding carboxylic acids is 1. The average Bonchev–Trinajstić information content (AvgIpc) is 2.96. The summed E-state index contributed by atoms with van der Waals surface area (Å²) in [5.74, 6) is 0.0936. The summed E-state index contributed by atoms with van der Waals surface area (Å²) in [6.45, 7) is 1.73. The average molecular weight is 288 g/mol. The number of aliphatic hydroxyl groups is 1. The minimum Gasteiger partial charge on any atom is -0.468 e. The molecule has 0 spiro atoms. The van der Waals surface area contributed by atoms with Crippen molar-refractivity contribution in [3.63, 3.8) is 0 Å². The molecule has 5 heteroatoms. The highest BCUT2D eigenvalue weighted by molar-refractivity contribution is 5.77. The lowest BCUT2D eigenvalue weighted by Crippen LogP contribution is -2.33. The van der Waals surface area contributed by atoms with Crippen LogP contribution in [0, 0.1) is 17.2 Å². The molecule has 0 bridgehead atoms. The minimum absolute atomic E-state index is 0.172. The summed E-state index contributed by atoms with van der Waals surface area (Å²) in [4.78, 5) is 14.2. The van der Waals surface area contributed by atoms with Crippen LogP contribution in [0.4, 0.5) is 0 Å². The van der Waals surface area contributed by atoms with Gasteiger partial charge >= 0.3 is 5.97 Å². The Kier molecular flexibility index (Phi) is 5.32. The molecule has 1 aromatic rings. The fourth-order valence-electron chi connectivity index (χ4n) is 2.90. The number of benzene rings is 1. The molecule has 0 amide bonds. The van der Waals surface area contributed by atoms with Gasteiger partial charge in [-0.3, -0.25) is 4.90 Å². The molecule has 0 saturated carbocycles. The van der Waals surface area contributed by atoms with E-state index < -0.39 is 6.04 Å². The Labute approximate surface area is 124 Å². The van der Waals surface area contributed by atoms with Crippen LogP contribution in [0.1, 0.15) is 30.0 Å². The second kappa shape index (κ2) is 7.21. The van der Waals surface area contributed by atoms with Gasteiger partial charge in [0.25, 0.3) is 0 Å². The summed E-state index contributed by atoms with van der Waals surface area (Å²) in [5, 5.41) is 18.1. The lowest BCUT2D eigenvalue weighted by Gasteiger charge is -2.26. The molecule has 2 atom stereocenters. The van der Waals surface area contributed by atoms with E-state index in [4.69, 9.17) is 15.1 Å². The summed E-state index contributed by atoms with van der Waals surface area (Å²) in [6, 6.07) is 8.70.